The zero-order valence-corrected chi connectivity index (χ0v) is 11.9. The summed E-state index contributed by atoms with van der Waals surface area (Å²) in [6.07, 6.45) is -0.566. The van der Waals surface area contributed by atoms with Gasteiger partial charge in [-0.1, -0.05) is 18.2 Å². The molecular formula is C15H19N3O2. The number of aliphatic hydroxyl groups excluding tert-OH is 1. The average Bonchev–Trinajstić information content (AvgIpc) is 2.72. The van der Waals surface area contributed by atoms with E-state index < -0.39 is 6.10 Å². The second kappa shape index (κ2) is 5.88. The Morgan fingerprint density at radius 3 is 2.60 bits per heavy atom. The number of hydrogen-bond acceptors (Lipinski definition) is 3. The normalized spacial score (nSPS) is 12.2. The molecule has 0 spiro atoms. The van der Waals surface area contributed by atoms with Gasteiger partial charge in [0.1, 0.15) is 0 Å². The topological polar surface area (TPSA) is 67.2 Å². The van der Waals surface area contributed by atoms with Gasteiger partial charge in [-0.15, -0.1) is 0 Å². The molecule has 106 valence electrons. The maximum atomic E-state index is 12.2. The lowest BCUT2D eigenvalue weighted by Crippen LogP contribution is -2.31. The summed E-state index contributed by atoms with van der Waals surface area (Å²) in [6.45, 7) is 5.54. The molecule has 2 aromatic rings. The maximum Gasteiger partial charge on any atom is 0.255 e. The minimum Gasteiger partial charge on any atom is -0.392 e. The summed E-state index contributed by atoms with van der Waals surface area (Å²) in [5, 5.41) is 16.4. The molecule has 1 heterocycles. The monoisotopic (exact) mass is 273 g/mol. The van der Waals surface area contributed by atoms with Crippen LogP contribution in [-0.4, -0.2) is 33.4 Å². The molecule has 0 aliphatic heterocycles. The first-order valence-electron chi connectivity index (χ1n) is 6.58. The Morgan fingerprint density at radius 2 is 2.00 bits per heavy atom. The van der Waals surface area contributed by atoms with Gasteiger partial charge in [-0.2, -0.15) is 5.10 Å². The SMILES string of the molecule is Cc1nn(-c2ccccc2)c(C)c1C(=O)NC[C@H](C)O. The van der Waals surface area contributed by atoms with Crippen LogP contribution < -0.4 is 5.32 Å². The van der Waals surface area contributed by atoms with Crippen LogP contribution in [0.15, 0.2) is 30.3 Å². The van der Waals surface area contributed by atoms with Crippen LogP contribution >= 0.6 is 0 Å². The molecule has 1 aromatic carbocycles. The molecule has 0 unspecified atom stereocenters. The quantitative estimate of drug-likeness (QED) is 0.889. The van der Waals surface area contributed by atoms with Gasteiger partial charge in [-0.3, -0.25) is 4.79 Å². The van der Waals surface area contributed by atoms with E-state index in [1.165, 1.54) is 0 Å². The molecule has 1 aromatic heterocycles. The Hall–Kier alpha value is -2.14. The first-order valence-corrected chi connectivity index (χ1v) is 6.58. The molecule has 0 bridgehead atoms. The molecule has 1 atom stereocenters. The molecule has 5 heteroatoms. The number of rotatable bonds is 4. The van der Waals surface area contributed by atoms with Crippen molar-refractivity contribution in [2.75, 3.05) is 6.54 Å². The summed E-state index contributed by atoms with van der Waals surface area (Å²) in [5.41, 5.74) is 2.95. The number of carbonyl (C=O) groups is 1. The first kappa shape index (κ1) is 14.3. The molecule has 20 heavy (non-hydrogen) atoms. The minimum atomic E-state index is -0.566. The molecular weight excluding hydrogens is 254 g/mol. The number of hydrogen-bond donors (Lipinski definition) is 2. The van der Waals surface area contributed by atoms with Crippen molar-refractivity contribution < 1.29 is 9.90 Å². The maximum absolute atomic E-state index is 12.2. The van der Waals surface area contributed by atoms with Crippen molar-refractivity contribution in [2.24, 2.45) is 0 Å². The second-order valence-electron chi connectivity index (χ2n) is 4.85. The highest BCUT2D eigenvalue weighted by atomic mass is 16.3. The second-order valence-corrected chi connectivity index (χ2v) is 4.85. The number of aromatic nitrogens is 2. The zero-order chi connectivity index (χ0) is 14.7. The molecule has 0 aliphatic rings. The highest BCUT2D eigenvalue weighted by molar-refractivity contribution is 5.96. The molecule has 0 fully saturated rings. The van der Waals surface area contributed by atoms with Crippen molar-refractivity contribution in [3.8, 4) is 5.69 Å². The molecule has 5 nitrogen and oxygen atoms in total. The largest absolute Gasteiger partial charge is 0.392 e. The summed E-state index contributed by atoms with van der Waals surface area (Å²) >= 11 is 0. The lowest BCUT2D eigenvalue weighted by Gasteiger charge is -2.08. The van der Waals surface area contributed by atoms with Crippen LogP contribution in [0.4, 0.5) is 0 Å². The highest BCUT2D eigenvalue weighted by Crippen LogP contribution is 2.17. The van der Waals surface area contributed by atoms with Gasteiger partial charge in [0.25, 0.3) is 5.91 Å². The van der Waals surface area contributed by atoms with Crippen LogP contribution in [-0.2, 0) is 0 Å². The van der Waals surface area contributed by atoms with Gasteiger partial charge >= 0.3 is 0 Å². The molecule has 0 radical (unpaired) electrons. The molecule has 2 rings (SSSR count). The van der Waals surface area contributed by atoms with Gasteiger partial charge in [0, 0.05) is 6.54 Å². The molecule has 1 amide bonds. The van der Waals surface area contributed by atoms with Crippen molar-refractivity contribution in [3.05, 3.63) is 47.3 Å². The number of aliphatic hydroxyl groups is 1. The Bertz CT molecular complexity index is 603. The van der Waals surface area contributed by atoms with Gasteiger partial charge in [-0.25, -0.2) is 4.68 Å². The van der Waals surface area contributed by atoms with Gasteiger partial charge in [0.05, 0.1) is 28.7 Å². The summed E-state index contributed by atoms with van der Waals surface area (Å²) in [6, 6.07) is 9.68. The van der Waals surface area contributed by atoms with Crippen molar-refractivity contribution >= 4 is 5.91 Å². The number of carbonyl (C=O) groups excluding carboxylic acids is 1. The average molecular weight is 273 g/mol. The first-order chi connectivity index (χ1) is 9.50. The van der Waals surface area contributed by atoms with E-state index in [2.05, 4.69) is 10.4 Å². The zero-order valence-electron chi connectivity index (χ0n) is 11.9. The van der Waals surface area contributed by atoms with Crippen molar-refractivity contribution in [2.45, 2.75) is 26.9 Å². The van der Waals surface area contributed by atoms with Gasteiger partial charge in [-0.05, 0) is 32.9 Å². The van der Waals surface area contributed by atoms with Crippen LogP contribution in [0, 0.1) is 13.8 Å². The van der Waals surface area contributed by atoms with Crippen molar-refractivity contribution in [1.82, 2.24) is 15.1 Å². The molecule has 0 aliphatic carbocycles. The number of nitrogens with zero attached hydrogens (tertiary/aromatic N) is 2. The Balaban J connectivity index is 2.32. The van der Waals surface area contributed by atoms with Crippen LogP contribution in [0.25, 0.3) is 5.69 Å². The van der Waals surface area contributed by atoms with Gasteiger partial charge < -0.3 is 10.4 Å². The van der Waals surface area contributed by atoms with Gasteiger partial charge in [0.2, 0.25) is 0 Å². The molecule has 0 saturated carbocycles. The van der Waals surface area contributed by atoms with E-state index >= 15 is 0 Å². The van der Waals surface area contributed by atoms with Crippen molar-refractivity contribution in [3.63, 3.8) is 0 Å². The van der Waals surface area contributed by atoms with E-state index in [1.807, 2.05) is 44.2 Å². The fraction of sp³-hybridized carbons (Fsp3) is 0.333. The third-order valence-electron chi connectivity index (χ3n) is 3.08. The molecule has 2 N–H and O–H groups in total. The standard InChI is InChI=1S/C15H19N3O2/c1-10(19)9-16-15(20)14-11(2)17-18(12(14)3)13-7-5-4-6-8-13/h4-8,10,19H,9H2,1-3H3,(H,16,20)/t10-/m0/s1. The number of nitrogens with one attached hydrogen (secondary N) is 1. The van der Waals surface area contributed by atoms with Crippen LogP contribution in [0.3, 0.4) is 0 Å². The summed E-state index contributed by atoms with van der Waals surface area (Å²) in [7, 11) is 0. The lowest BCUT2D eigenvalue weighted by molar-refractivity contribution is 0.0923. The fourth-order valence-electron chi connectivity index (χ4n) is 2.12. The summed E-state index contributed by atoms with van der Waals surface area (Å²) < 4.78 is 1.76. The van der Waals surface area contributed by atoms with Gasteiger partial charge in [0.15, 0.2) is 0 Å². The Kier molecular flexibility index (Phi) is 4.20. The smallest absolute Gasteiger partial charge is 0.255 e. The molecule has 0 saturated heterocycles. The van der Waals surface area contributed by atoms with E-state index in [9.17, 15) is 9.90 Å². The van der Waals surface area contributed by atoms with Crippen LogP contribution in [0.1, 0.15) is 28.7 Å². The Morgan fingerprint density at radius 1 is 1.35 bits per heavy atom. The fourth-order valence-corrected chi connectivity index (χ4v) is 2.12. The van der Waals surface area contributed by atoms with Crippen LogP contribution in [0.5, 0.6) is 0 Å². The third kappa shape index (κ3) is 2.88. The number of aryl methyl sites for hydroxylation is 1. The number of amides is 1. The van der Waals surface area contributed by atoms with E-state index in [1.54, 1.807) is 11.6 Å². The van der Waals surface area contributed by atoms with E-state index in [-0.39, 0.29) is 12.5 Å². The lowest BCUT2D eigenvalue weighted by atomic mass is 10.2. The Labute approximate surface area is 118 Å². The minimum absolute atomic E-state index is 0.205. The predicted octanol–water partition coefficient (Wildman–Crippen LogP) is 1.60. The highest BCUT2D eigenvalue weighted by Gasteiger charge is 2.19. The number of para-hydroxylation sites is 1. The van der Waals surface area contributed by atoms with Crippen LogP contribution in [0.2, 0.25) is 0 Å². The van der Waals surface area contributed by atoms with E-state index in [0.29, 0.717) is 11.3 Å². The van der Waals surface area contributed by atoms with E-state index in [0.717, 1.165) is 11.4 Å². The van der Waals surface area contributed by atoms with Crippen molar-refractivity contribution in [1.29, 1.82) is 0 Å². The predicted molar refractivity (Wildman–Crippen MR) is 77.1 cm³/mol. The third-order valence-corrected chi connectivity index (χ3v) is 3.08. The summed E-state index contributed by atoms with van der Waals surface area (Å²) in [5.74, 6) is -0.205. The number of benzene rings is 1. The van der Waals surface area contributed by atoms with E-state index in [4.69, 9.17) is 0 Å². The summed E-state index contributed by atoms with van der Waals surface area (Å²) in [4.78, 5) is 12.2.